The molecule has 0 bridgehead atoms. The lowest BCUT2D eigenvalue weighted by molar-refractivity contribution is 0.584. The Bertz CT molecular complexity index is 863. The van der Waals surface area contributed by atoms with Gasteiger partial charge in [-0.2, -0.15) is 4.39 Å². The largest absolute Gasteiger partial charge is 0.321 e. The van der Waals surface area contributed by atoms with Crippen LogP contribution in [-0.4, -0.2) is 15.0 Å². The van der Waals surface area contributed by atoms with Gasteiger partial charge in [0.25, 0.3) is 5.56 Å². The van der Waals surface area contributed by atoms with Crippen LogP contribution in [0.1, 0.15) is 25.2 Å². The van der Waals surface area contributed by atoms with E-state index in [9.17, 15) is 9.18 Å². The van der Waals surface area contributed by atoms with Crippen molar-refractivity contribution in [2.24, 2.45) is 5.73 Å². The van der Waals surface area contributed by atoms with Gasteiger partial charge in [0.05, 0.1) is 11.6 Å². The lowest BCUT2D eigenvalue weighted by Gasteiger charge is -2.06. The smallest absolute Gasteiger partial charge is 0.268 e. The fourth-order valence-corrected chi connectivity index (χ4v) is 3.01. The number of nitrogens with two attached hydrogens (primary N) is 1. The molecule has 3 rings (SSSR count). The molecular weight excluding hydrogens is 327 g/mol. The van der Waals surface area contributed by atoms with Crippen LogP contribution in [0.2, 0.25) is 0 Å². The number of halogens is 2. The zero-order chi connectivity index (χ0) is 15.0. The van der Waals surface area contributed by atoms with Gasteiger partial charge in [-0.15, -0.1) is 23.7 Å². The van der Waals surface area contributed by atoms with Gasteiger partial charge in [0.2, 0.25) is 5.95 Å². The number of hydrogen-bond donors (Lipinski definition) is 2. The zero-order valence-electron chi connectivity index (χ0n) is 11.7. The first-order valence-corrected chi connectivity index (χ1v) is 7.31. The van der Waals surface area contributed by atoms with Crippen LogP contribution in [0.25, 0.3) is 20.7 Å². The average Bonchev–Trinajstić information content (AvgIpc) is 2.91. The summed E-state index contributed by atoms with van der Waals surface area (Å²) in [5, 5.41) is 0. The molecule has 0 aromatic carbocycles. The van der Waals surface area contributed by atoms with Crippen molar-refractivity contribution in [2.45, 2.75) is 19.4 Å². The first-order chi connectivity index (χ1) is 10.1. The minimum atomic E-state index is -0.555. The fraction of sp³-hybridized carbons (Fsp3) is 0.214. The maximum Gasteiger partial charge on any atom is 0.268 e. The number of thiophene rings is 1. The second-order valence-corrected chi connectivity index (χ2v) is 5.71. The van der Waals surface area contributed by atoms with Crippen LogP contribution in [-0.2, 0) is 0 Å². The van der Waals surface area contributed by atoms with Gasteiger partial charge in [-0.05, 0) is 24.1 Å². The molecule has 0 fully saturated rings. The highest BCUT2D eigenvalue weighted by atomic mass is 35.5. The molecule has 3 heterocycles. The maximum atomic E-state index is 13.2. The summed E-state index contributed by atoms with van der Waals surface area (Å²) in [6.45, 7) is 1.92. The molecule has 0 saturated carbocycles. The SMILES string of the molecule is CCC(N)c1nc2cc(-c3ccnc(F)c3)sc2c(=O)[nH]1.Cl. The highest BCUT2D eigenvalue weighted by molar-refractivity contribution is 7.22. The van der Waals surface area contributed by atoms with Crippen molar-refractivity contribution in [2.75, 3.05) is 0 Å². The second-order valence-electron chi connectivity index (χ2n) is 4.66. The number of aromatic amines is 1. The summed E-state index contributed by atoms with van der Waals surface area (Å²) in [6.07, 6.45) is 2.08. The van der Waals surface area contributed by atoms with Crippen LogP contribution in [0.5, 0.6) is 0 Å². The number of nitrogens with zero attached hydrogens (tertiary/aromatic N) is 2. The predicted molar refractivity (Wildman–Crippen MR) is 87.9 cm³/mol. The van der Waals surface area contributed by atoms with Gasteiger partial charge in [0, 0.05) is 17.1 Å². The molecule has 1 atom stereocenters. The van der Waals surface area contributed by atoms with E-state index in [1.807, 2.05) is 6.92 Å². The Kier molecular flexibility index (Phi) is 4.90. The molecule has 0 aliphatic heterocycles. The molecule has 0 radical (unpaired) electrons. The Balaban J connectivity index is 0.00000176. The lowest BCUT2D eigenvalue weighted by Crippen LogP contribution is -2.18. The van der Waals surface area contributed by atoms with Crippen LogP contribution >= 0.6 is 23.7 Å². The van der Waals surface area contributed by atoms with E-state index in [-0.39, 0.29) is 24.0 Å². The molecule has 0 saturated heterocycles. The fourth-order valence-electron chi connectivity index (χ4n) is 2.02. The second kappa shape index (κ2) is 6.51. The van der Waals surface area contributed by atoms with Crippen LogP contribution in [0.3, 0.4) is 0 Å². The van der Waals surface area contributed by atoms with E-state index in [1.165, 1.54) is 23.6 Å². The van der Waals surface area contributed by atoms with Crippen molar-refractivity contribution >= 4 is 34.0 Å². The Labute approximate surface area is 135 Å². The number of H-pyrrole nitrogens is 1. The van der Waals surface area contributed by atoms with E-state index >= 15 is 0 Å². The van der Waals surface area contributed by atoms with Gasteiger partial charge in [0.15, 0.2) is 0 Å². The van der Waals surface area contributed by atoms with Crippen LogP contribution < -0.4 is 11.3 Å². The van der Waals surface area contributed by atoms with E-state index in [1.54, 1.807) is 12.1 Å². The summed E-state index contributed by atoms with van der Waals surface area (Å²) in [7, 11) is 0. The van der Waals surface area contributed by atoms with E-state index in [0.29, 0.717) is 28.0 Å². The van der Waals surface area contributed by atoms with Gasteiger partial charge in [-0.25, -0.2) is 9.97 Å². The van der Waals surface area contributed by atoms with Crippen molar-refractivity contribution in [1.29, 1.82) is 0 Å². The topological polar surface area (TPSA) is 84.7 Å². The van der Waals surface area contributed by atoms with Crippen LogP contribution in [0.15, 0.2) is 29.2 Å². The zero-order valence-corrected chi connectivity index (χ0v) is 13.3. The van der Waals surface area contributed by atoms with Gasteiger partial charge < -0.3 is 10.7 Å². The molecule has 3 aromatic heterocycles. The molecule has 5 nitrogen and oxygen atoms in total. The van der Waals surface area contributed by atoms with Crippen molar-refractivity contribution in [3.63, 3.8) is 0 Å². The van der Waals surface area contributed by atoms with E-state index in [0.717, 1.165) is 4.88 Å². The summed E-state index contributed by atoms with van der Waals surface area (Å²) in [5.74, 6) is -0.0826. The van der Waals surface area contributed by atoms with Gasteiger partial charge in [-0.3, -0.25) is 4.79 Å². The Hall–Kier alpha value is -1.83. The van der Waals surface area contributed by atoms with Gasteiger partial charge in [-0.1, -0.05) is 6.92 Å². The first-order valence-electron chi connectivity index (χ1n) is 6.49. The molecule has 0 spiro atoms. The van der Waals surface area contributed by atoms with Gasteiger partial charge >= 0.3 is 0 Å². The van der Waals surface area contributed by atoms with E-state index in [4.69, 9.17) is 5.73 Å². The third-order valence-electron chi connectivity index (χ3n) is 3.20. The highest BCUT2D eigenvalue weighted by Gasteiger charge is 2.13. The Morgan fingerprint density at radius 1 is 1.45 bits per heavy atom. The molecule has 3 N–H and O–H groups in total. The third-order valence-corrected chi connectivity index (χ3v) is 4.38. The average molecular weight is 341 g/mol. The first kappa shape index (κ1) is 16.5. The summed E-state index contributed by atoms with van der Waals surface area (Å²) < 4.78 is 13.7. The molecule has 8 heteroatoms. The molecule has 22 heavy (non-hydrogen) atoms. The lowest BCUT2D eigenvalue weighted by atomic mass is 10.2. The number of hydrogen-bond acceptors (Lipinski definition) is 5. The molecule has 0 amide bonds. The van der Waals surface area contributed by atoms with E-state index < -0.39 is 5.95 Å². The molecule has 0 aliphatic carbocycles. The Morgan fingerprint density at radius 3 is 2.91 bits per heavy atom. The monoisotopic (exact) mass is 340 g/mol. The number of pyridine rings is 1. The summed E-state index contributed by atoms with van der Waals surface area (Å²) in [6, 6.07) is 4.50. The highest BCUT2D eigenvalue weighted by Crippen LogP contribution is 2.31. The molecular formula is C14H14ClFN4OS. The Morgan fingerprint density at radius 2 is 2.23 bits per heavy atom. The maximum absolute atomic E-state index is 13.2. The van der Waals surface area contributed by atoms with Crippen molar-refractivity contribution in [3.05, 3.63) is 46.5 Å². The predicted octanol–water partition coefficient (Wildman–Crippen LogP) is 3.02. The number of nitrogens with one attached hydrogen (secondary N) is 1. The van der Waals surface area contributed by atoms with Crippen molar-refractivity contribution in [1.82, 2.24) is 15.0 Å². The summed E-state index contributed by atoms with van der Waals surface area (Å²) >= 11 is 1.27. The van der Waals surface area contributed by atoms with Crippen LogP contribution in [0.4, 0.5) is 4.39 Å². The molecule has 1 unspecified atom stereocenters. The minimum absolute atomic E-state index is 0. The molecule has 116 valence electrons. The van der Waals surface area contributed by atoms with Crippen molar-refractivity contribution < 1.29 is 4.39 Å². The quantitative estimate of drug-likeness (QED) is 0.718. The number of fused-ring (bicyclic) bond motifs is 1. The number of rotatable bonds is 3. The van der Waals surface area contributed by atoms with E-state index in [2.05, 4.69) is 15.0 Å². The third kappa shape index (κ3) is 3.01. The van der Waals surface area contributed by atoms with Crippen molar-refractivity contribution in [3.8, 4) is 10.4 Å². The molecule has 3 aromatic rings. The van der Waals surface area contributed by atoms with Crippen LogP contribution in [0, 0.1) is 5.95 Å². The normalized spacial score (nSPS) is 12.1. The van der Waals surface area contributed by atoms with Gasteiger partial charge in [0.1, 0.15) is 10.5 Å². The minimum Gasteiger partial charge on any atom is -0.321 e. The summed E-state index contributed by atoms with van der Waals surface area (Å²) in [4.78, 5) is 23.5. The number of aromatic nitrogens is 3. The summed E-state index contributed by atoms with van der Waals surface area (Å²) in [5.41, 5.74) is 6.94. The standard InChI is InChI=1S/C14H13FN4OS.ClH/c1-2-8(16)13-18-9-6-10(21-12(9)14(20)19-13)7-3-4-17-11(15)5-7;/h3-6,8H,2,16H2,1H3,(H,18,19,20);1H. The molecule has 0 aliphatic rings.